The number of aryl methyl sites for hydroxylation is 1. The van der Waals surface area contributed by atoms with Crippen LogP contribution in [-0.2, 0) is 24.2 Å². The first-order chi connectivity index (χ1) is 15.0. The number of primary amides is 1. The number of pyridine rings is 1. The molecule has 0 aromatic carbocycles. The van der Waals surface area contributed by atoms with E-state index < -0.39 is 5.91 Å². The first kappa shape index (κ1) is 21.9. The standard InChI is InChI=1S/C23H31N5O2S/c1-27(17-8-12-28(13-9-17)14-16-6-10-25-11-7-16)15-20(29)26-23-21(22(24)30)18-4-2-3-5-19(18)31-23/h6-7,10-11,17H,2-5,8-9,12-15H2,1H3,(H2,24,30)(H,26,29). The molecule has 0 atom stereocenters. The maximum atomic E-state index is 12.7. The van der Waals surface area contributed by atoms with E-state index in [0.29, 0.717) is 23.2 Å². The Bertz CT molecular complexity index is 922. The summed E-state index contributed by atoms with van der Waals surface area (Å²) in [6.45, 7) is 3.29. The van der Waals surface area contributed by atoms with Gasteiger partial charge in [-0.3, -0.25) is 24.4 Å². The summed E-state index contributed by atoms with van der Waals surface area (Å²) in [4.78, 5) is 34.6. The number of fused-ring (bicyclic) bond motifs is 1. The number of aromatic nitrogens is 1. The zero-order valence-electron chi connectivity index (χ0n) is 18.1. The van der Waals surface area contributed by atoms with Gasteiger partial charge in [0.15, 0.2) is 0 Å². The second-order valence-corrected chi connectivity index (χ2v) is 9.71. The number of carbonyl (C=O) groups is 2. The summed E-state index contributed by atoms with van der Waals surface area (Å²) in [5.74, 6) is -0.521. The Hall–Kier alpha value is -2.29. The molecule has 1 fully saturated rings. The van der Waals surface area contributed by atoms with Crippen molar-refractivity contribution in [3.8, 4) is 0 Å². The summed E-state index contributed by atoms with van der Waals surface area (Å²) in [5.41, 5.74) is 8.50. The number of nitrogens with zero attached hydrogens (tertiary/aromatic N) is 3. The Morgan fingerprint density at radius 2 is 1.94 bits per heavy atom. The van der Waals surface area contributed by atoms with Crippen molar-refractivity contribution in [2.75, 3.05) is 32.0 Å². The molecule has 1 saturated heterocycles. The molecule has 1 aliphatic carbocycles. The number of carbonyl (C=O) groups excluding carboxylic acids is 2. The van der Waals surface area contributed by atoms with Crippen LogP contribution in [0.2, 0.25) is 0 Å². The number of piperidine rings is 1. The van der Waals surface area contributed by atoms with Crippen molar-refractivity contribution in [1.29, 1.82) is 0 Å². The number of nitrogens with one attached hydrogen (secondary N) is 1. The Balaban J connectivity index is 1.30. The summed E-state index contributed by atoms with van der Waals surface area (Å²) in [6, 6.07) is 4.50. The highest BCUT2D eigenvalue weighted by Crippen LogP contribution is 2.37. The molecule has 2 aliphatic rings. The molecule has 2 aromatic heterocycles. The Morgan fingerprint density at radius 3 is 2.65 bits per heavy atom. The number of amides is 2. The molecule has 0 spiro atoms. The summed E-state index contributed by atoms with van der Waals surface area (Å²) in [6.07, 6.45) is 9.78. The van der Waals surface area contributed by atoms with E-state index in [1.165, 1.54) is 21.8 Å². The number of thiophene rings is 1. The minimum atomic E-state index is -0.440. The molecule has 0 saturated carbocycles. The Labute approximate surface area is 187 Å². The van der Waals surface area contributed by atoms with Crippen LogP contribution in [-0.4, -0.2) is 59.3 Å². The van der Waals surface area contributed by atoms with E-state index >= 15 is 0 Å². The fourth-order valence-corrected chi connectivity index (χ4v) is 6.01. The molecule has 3 N–H and O–H groups in total. The van der Waals surface area contributed by atoms with Crippen molar-refractivity contribution in [1.82, 2.24) is 14.8 Å². The molecule has 0 radical (unpaired) electrons. The lowest BCUT2D eigenvalue weighted by atomic mass is 9.95. The summed E-state index contributed by atoms with van der Waals surface area (Å²) < 4.78 is 0. The molecule has 7 nitrogen and oxygen atoms in total. The first-order valence-corrected chi connectivity index (χ1v) is 11.9. The number of hydrogen-bond acceptors (Lipinski definition) is 6. The quantitative estimate of drug-likeness (QED) is 0.689. The lowest BCUT2D eigenvalue weighted by molar-refractivity contribution is -0.117. The van der Waals surface area contributed by atoms with Gasteiger partial charge in [0, 0.05) is 29.9 Å². The van der Waals surface area contributed by atoms with Gasteiger partial charge in [0.1, 0.15) is 5.00 Å². The lowest BCUT2D eigenvalue weighted by Crippen LogP contribution is -2.45. The molecule has 0 bridgehead atoms. The number of anilines is 1. The maximum Gasteiger partial charge on any atom is 0.251 e. The van der Waals surface area contributed by atoms with Gasteiger partial charge in [-0.2, -0.15) is 0 Å². The van der Waals surface area contributed by atoms with Crippen LogP contribution in [0.15, 0.2) is 24.5 Å². The molecular weight excluding hydrogens is 410 g/mol. The van der Waals surface area contributed by atoms with Crippen molar-refractivity contribution in [3.63, 3.8) is 0 Å². The Kier molecular flexibility index (Phi) is 6.99. The molecule has 3 heterocycles. The van der Waals surface area contributed by atoms with Gasteiger partial charge in [-0.15, -0.1) is 11.3 Å². The van der Waals surface area contributed by atoms with Gasteiger partial charge in [-0.1, -0.05) is 0 Å². The van der Waals surface area contributed by atoms with E-state index in [1.54, 1.807) is 0 Å². The topological polar surface area (TPSA) is 91.6 Å². The van der Waals surface area contributed by atoms with Crippen LogP contribution in [0, 0.1) is 0 Å². The van der Waals surface area contributed by atoms with E-state index in [0.717, 1.165) is 63.7 Å². The zero-order chi connectivity index (χ0) is 21.8. The molecule has 166 valence electrons. The van der Waals surface area contributed by atoms with Crippen molar-refractivity contribution < 1.29 is 9.59 Å². The van der Waals surface area contributed by atoms with Crippen molar-refractivity contribution in [2.45, 2.75) is 51.1 Å². The molecule has 8 heteroatoms. The van der Waals surface area contributed by atoms with Gasteiger partial charge in [-0.25, -0.2) is 0 Å². The third-order valence-corrected chi connectivity index (χ3v) is 7.61. The van der Waals surface area contributed by atoms with E-state index in [1.807, 2.05) is 19.4 Å². The highest BCUT2D eigenvalue weighted by molar-refractivity contribution is 7.17. The predicted molar refractivity (Wildman–Crippen MR) is 123 cm³/mol. The molecule has 31 heavy (non-hydrogen) atoms. The fourth-order valence-electron chi connectivity index (χ4n) is 4.70. The first-order valence-electron chi connectivity index (χ1n) is 11.1. The van der Waals surface area contributed by atoms with Crippen molar-refractivity contribution >= 4 is 28.2 Å². The average molecular weight is 442 g/mol. The second-order valence-electron chi connectivity index (χ2n) is 8.61. The van der Waals surface area contributed by atoms with Crippen LogP contribution in [0.3, 0.4) is 0 Å². The van der Waals surface area contributed by atoms with Gasteiger partial charge in [0.05, 0.1) is 12.1 Å². The van der Waals surface area contributed by atoms with Gasteiger partial charge < -0.3 is 11.1 Å². The van der Waals surface area contributed by atoms with Crippen LogP contribution in [0.1, 0.15) is 52.0 Å². The van der Waals surface area contributed by atoms with E-state index in [9.17, 15) is 9.59 Å². The van der Waals surface area contributed by atoms with Gasteiger partial charge >= 0.3 is 0 Å². The summed E-state index contributed by atoms with van der Waals surface area (Å²) >= 11 is 1.52. The number of likely N-dealkylation sites (tertiary alicyclic amines) is 1. The van der Waals surface area contributed by atoms with Gasteiger partial charge in [0.2, 0.25) is 5.91 Å². The van der Waals surface area contributed by atoms with E-state index in [-0.39, 0.29) is 5.91 Å². The number of hydrogen-bond donors (Lipinski definition) is 2. The minimum absolute atomic E-state index is 0.0807. The monoisotopic (exact) mass is 441 g/mol. The van der Waals surface area contributed by atoms with Gasteiger partial charge in [-0.05, 0) is 81.9 Å². The molecule has 1 aliphatic heterocycles. The van der Waals surface area contributed by atoms with Gasteiger partial charge in [0.25, 0.3) is 5.91 Å². The van der Waals surface area contributed by atoms with Crippen LogP contribution < -0.4 is 11.1 Å². The number of likely N-dealkylation sites (N-methyl/N-ethyl adjacent to an activating group) is 1. The summed E-state index contributed by atoms with van der Waals surface area (Å²) in [7, 11) is 2.01. The zero-order valence-corrected chi connectivity index (χ0v) is 18.9. The SMILES string of the molecule is CN(CC(=O)Nc1sc2c(c1C(N)=O)CCCC2)C1CCN(Cc2ccncc2)CC1. The van der Waals surface area contributed by atoms with Crippen molar-refractivity contribution in [3.05, 3.63) is 46.1 Å². The number of nitrogens with two attached hydrogens (primary N) is 1. The maximum absolute atomic E-state index is 12.7. The molecule has 2 amide bonds. The second kappa shape index (κ2) is 9.89. The van der Waals surface area contributed by atoms with Crippen molar-refractivity contribution in [2.24, 2.45) is 5.73 Å². The van der Waals surface area contributed by atoms with E-state index in [4.69, 9.17) is 5.73 Å². The molecule has 4 rings (SSSR count). The Morgan fingerprint density at radius 1 is 1.23 bits per heavy atom. The smallest absolute Gasteiger partial charge is 0.251 e. The third-order valence-electron chi connectivity index (χ3n) is 6.40. The fraction of sp³-hybridized carbons (Fsp3) is 0.522. The van der Waals surface area contributed by atoms with Crippen LogP contribution >= 0.6 is 11.3 Å². The van der Waals surface area contributed by atoms with Crippen LogP contribution in [0.25, 0.3) is 0 Å². The average Bonchev–Trinajstić information content (AvgIpc) is 3.12. The molecule has 0 unspecified atom stereocenters. The lowest BCUT2D eigenvalue weighted by Gasteiger charge is -2.36. The van der Waals surface area contributed by atoms with Crippen LogP contribution in [0.4, 0.5) is 5.00 Å². The summed E-state index contributed by atoms with van der Waals surface area (Å²) in [5, 5.41) is 3.61. The van der Waals surface area contributed by atoms with Crippen LogP contribution in [0.5, 0.6) is 0 Å². The normalized spacial score (nSPS) is 17.5. The third kappa shape index (κ3) is 5.31. The molecule has 2 aromatic rings. The highest BCUT2D eigenvalue weighted by atomic mass is 32.1. The largest absolute Gasteiger partial charge is 0.365 e. The van der Waals surface area contributed by atoms with E-state index in [2.05, 4.69) is 32.2 Å². The predicted octanol–water partition coefficient (Wildman–Crippen LogP) is 2.66. The molecular formula is C23H31N5O2S. The number of rotatable bonds is 7. The minimum Gasteiger partial charge on any atom is -0.365 e. The highest BCUT2D eigenvalue weighted by Gasteiger charge is 2.27.